The molecular formula is C37H50N4O6S. The molecule has 260 valence electrons. The molecule has 10 nitrogen and oxygen atoms in total. The Morgan fingerprint density at radius 2 is 1.42 bits per heavy atom. The molecule has 11 heteroatoms. The molecule has 0 heterocycles. The number of benzene rings is 3. The van der Waals surface area contributed by atoms with Gasteiger partial charge in [0, 0.05) is 30.2 Å². The summed E-state index contributed by atoms with van der Waals surface area (Å²) in [6, 6.07) is 22.7. The number of aldehydes is 1. The van der Waals surface area contributed by atoms with Gasteiger partial charge in [0.2, 0.25) is 15.9 Å². The molecule has 3 aromatic carbocycles. The summed E-state index contributed by atoms with van der Waals surface area (Å²) >= 11 is 0. The van der Waals surface area contributed by atoms with Crippen molar-refractivity contribution < 1.29 is 27.9 Å². The van der Waals surface area contributed by atoms with Crippen LogP contribution in [0.4, 0.5) is 10.5 Å². The third-order valence-electron chi connectivity index (χ3n) is 8.28. The Hall–Kier alpha value is -4.22. The molecule has 0 radical (unpaired) electrons. The molecule has 0 saturated carbocycles. The van der Waals surface area contributed by atoms with Crippen molar-refractivity contribution in [2.45, 2.75) is 88.7 Å². The van der Waals surface area contributed by atoms with Crippen molar-refractivity contribution in [3.05, 3.63) is 96.1 Å². The van der Waals surface area contributed by atoms with Gasteiger partial charge >= 0.3 is 6.09 Å². The lowest BCUT2D eigenvalue weighted by Crippen LogP contribution is -2.59. The first-order valence-corrected chi connectivity index (χ1v) is 17.8. The van der Waals surface area contributed by atoms with Crippen molar-refractivity contribution in [1.82, 2.24) is 14.5 Å². The molecule has 0 saturated heterocycles. The first-order chi connectivity index (χ1) is 22.7. The molecule has 0 aliphatic rings. The van der Waals surface area contributed by atoms with E-state index in [9.17, 15) is 27.9 Å². The van der Waals surface area contributed by atoms with Crippen LogP contribution in [0.5, 0.6) is 0 Å². The number of unbranched alkanes of at least 4 members (excludes halogenated alkanes) is 1. The molecule has 0 unspecified atom stereocenters. The van der Waals surface area contributed by atoms with Gasteiger partial charge < -0.3 is 21.0 Å². The van der Waals surface area contributed by atoms with Crippen LogP contribution >= 0.6 is 0 Å². The summed E-state index contributed by atoms with van der Waals surface area (Å²) < 4.78 is 28.5. The first kappa shape index (κ1) is 38.2. The number of hydrogen-bond acceptors (Lipinski definition) is 6. The van der Waals surface area contributed by atoms with Gasteiger partial charge in [-0.3, -0.25) is 9.69 Å². The van der Waals surface area contributed by atoms with Crippen LogP contribution < -0.4 is 11.1 Å². The summed E-state index contributed by atoms with van der Waals surface area (Å²) in [6.45, 7) is 9.67. The normalized spacial score (nSPS) is 13.3. The summed E-state index contributed by atoms with van der Waals surface area (Å²) in [5.41, 5.74) is 6.91. The predicted octanol–water partition coefficient (Wildman–Crippen LogP) is 6.14. The molecule has 0 fully saturated rings. The van der Waals surface area contributed by atoms with E-state index in [1.807, 2.05) is 74.5 Å². The molecular weight excluding hydrogens is 628 g/mol. The monoisotopic (exact) mass is 678 g/mol. The van der Waals surface area contributed by atoms with E-state index in [2.05, 4.69) is 5.32 Å². The highest BCUT2D eigenvalue weighted by Gasteiger charge is 2.43. The highest BCUT2D eigenvalue weighted by Crippen LogP contribution is 2.34. The Morgan fingerprint density at radius 3 is 1.88 bits per heavy atom. The average molecular weight is 679 g/mol. The van der Waals surface area contributed by atoms with Crippen LogP contribution in [0.25, 0.3) is 0 Å². The largest absolute Gasteiger partial charge is 0.465 e. The molecule has 0 aromatic heterocycles. The van der Waals surface area contributed by atoms with Crippen molar-refractivity contribution >= 4 is 34.0 Å². The minimum absolute atomic E-state index is 0.0684. The maximum atomic E-state index is 14.1. The van der Waals surface area contributed by atoms with Gasteiger partial charge in [0.1, 0.15) is 12.3 Å². The van der Waals surface area contributed by atoms with Gasteiger partial charge in [0.25, 0.3) is 0 Å². The topological polar surface area (TPSA) is 150 Å². The molecule has 0 aliphatic carbocycles. The van der Waals surface area contributed by atoms with E-state index < -0.39 is 45.6 Å². The second-order valence-electron chi connectivity index (χ2n) is 13.4. The third-order valence-corrected chi connectivity index (χ3v) is 10.2. The summed E-state index contributed by atoms with van der Waals surface area (Å²) in [5.74, 6) is -0.810. The van der Waals surface area contributed by atoms with Gasteiger partial charge in [-0.05, 0) is 87.8 Å². The van der Waals surface area contributed by atoms with E-state index in [1.54, 1.807) is 20.8 Å². The van der Waals surface area contributed by atoms with E-state index in [-0.39, 0.29) is 30.3 Å². The lowest BCUT2D eigenvalue weighted by Gasteiger charge is -2.42. The zero-order valence-corrected chi connectivity index (χ0v) is 29.4. The molecule has 0 bridgehead atoms. The van der Waals surface area contributed by atoms with Crippen LogP contribution in [0.2, 0.25) is 0 Å². The number of carboxylic acid groups (broad SMARTS) is 1. The Morgan fingerprint density at radius 1 is 0.875 bits per heavy atom. The highest BCUT2D eigenvalue weighted by atomic mass is 32.2. The lowest BCUT2D eigenvalue weighted by molar-refractivity contribution is -0.128. The van der Waals surface area contributed by atoms with Crippen molar-refractivity contribution in [1.29, 1.82) is 0 Å². The van der Waals surface area contributed by atoms with Crippen LogP contribution in [-0.2, 0) is 19.6 Å². The highest BCUT2D eigenvalue weighted by molar-refractivity contribution is 7.89. The zero-order valence-electron chi connectivity index (χ0n) is 28.6. The fraction of sp³-hybridized carbons (Fsp3) is 0.432. The maximum Gasteiger partial charge on any atom is 0.408 e. The number of nitrogens with zero attached hydrogens (tertiary/aromatic N) is 2. The fourth-order valence-corrected chi connectivity index (χ4v) is 7.43. The van der Waals surface area contributed by atoms with E-state index in [1.165, 1.54) is 33.5 Å². The standard InChI is InChI=1S/C37H50N4O6S/c1-27(2)23-25-40(48(46,47)32-21-19-30(38)20-22-32)31(26-42)18-12-13-24-39-35(43)34(41(36(44)45)37(3,4)5)33(28-14-8-6-9-15-28)29-16-10-7-11-17-29/h6-11,14-17,19-22,26-27,31,33-34H,12-13,18,23-25,38H2,1-5H3,(H,39,43)(H,44,45)/t31-,34-/m0/s1. The Bertz CT molecular complexity index is 1540. The van der Waals surface area contributed by atoms with Gasteiger partial charge in [0.05, 0.1) is 10.9 Å². The Balaban J connectivity index is 1.81. The molecule has 3 rings (SSSR count). The average Bonchev–Trinajstić information content (AvgIpc) is 3.03. The number of amides is 2. The number of nitrogens with one attached hydrogen (secondary N) is 1. The molecule has 2 amide bonds. The van der Waals surface area contributed by atoms with Crippen LogP contribution in [-0.4, -0.2) is 71.7 Å². The number of nitrogens with two attached hydrogens (primary N) is 1. The zero-order chi connectivity index (χ0) is 35.5. The summed E-state index contributed by atoms with van der Waals surface area (Å²) in [5, 5.41) is 13.4. The first-order valence-electron chi connectivity index (χ1n) is 16.4. The molecule has 2 atom stereocenters. The molecule has 4 N–H and O–H groups in total. The number of hydrogen-bond donors (Lipinski definition) is 3. The minimum atomic E-state index is -3.97. The molecule has 0 spiro atoms. The van der Waals surface area contributed by atoms with Crippen molar-refractivity contribution in [3.8, 4) is 0 Å². The van der Waals surface area contributed by atoms with E-state index >= 15 is 0 Å². The fourth-order valence-electron chi connectivity index (χ4n) is 5.82. The molecule has 0 aliphatic heterocycles. The summed E-state index contributed by atoms with van der Waals surface area (Å²) in [4.78, 5) is 40.4. The molecule has 3 aromatic rings. The van der Waals surface area contributed by atoms with Gasteiger partial charge in [0.15, 0.2) is 0 Å². The third kappa shape index (κ3) is 10.1. The number of sulfonamides is 1. The Labute approximate surface area is 285 Å². The SMILES string of the molecule is CC(C)CCN([C@H](C=O)CCCCNC(=O)[C@H](C(c1ccccc1)c1ccccc1)N(C(=O)O)C(C)(C)C)S(=O)(=O)c1ccc(N)cc1. The van der Waals surface area contributed by atoms with E-state index in [4.69, 9.17) is 5.73 Å². The maximum absolute atomic E-state index is 14.1. The van der Waals surface area contributed by atoms with Crippen LogP contribution in [0.15, 0.2) is 89.8 Å². The van der Waals surface area contributed by atoms with Crippen LogP contribution in [0.1, 0.15) is 77.3 Å². The van der Waals surface area contributed by atoms with Crippen molar-refractivity contribution in [2.24, 2.45) is 5.92 Å². The van der Waals surface area contributed by atoms with Crippen molar-refractivity contribution in [2.75, 3.05) is 18.8 Å². The quantitative estimate of drug-likeness (QED) is 0.0882. The predicted molar refractivity (Wildman–Crippen MR) is 189 cm³/mol. The number of nitrogen functional groups attached to an aromatic ring is 1. The van der Waals surface area contributed by atoms with Gasteiger partial charge in [-0.1, -0.05) is 74.5 Å². The van der Waals surface area contributed by atoms with Gasteiger partial charge in [-0.2, -0.15) is 4.31 Å². The second kappa shape index (κ2) is 17.3. The minimum Gasteiger partial charge on any atom is -0.465 e. The Kier molecular flexibility index (Phi) is 13.7. The molecule has 48 heavy (non-hydrogen) atoms. The number of carbonyl (C=O) groups excluding carboxylic acids is 2. The van der Waals surface area contributed by atoms with Crippen LogP contribution in [0, 0.1) is 5.92 Å². The number of rotatable bonds is 17. The number of anilines is 1. The van der Waals surface area contributed by atoms with E-state index in [0.29, 0.717) is 31.2 Å². The van der Waals surface area contributed by atoms with Gasteiger partial charge in [-0.25, -0.2) is 13.2 Å². The van der Waals surface area contributed by atoms with Crippen molar-refractivity contribution in [3.63, 3.8) is 0 Å². The summed E-state index contributed by atoms with van der Waals surface area (Å²) in [7, 11) is -3.97. The van der Waals surface area contributed by atoms with E-state index in [0.717, 1.165) is 11.1 Å². The second-order valence-corrected chi connectivity index (χ2v) is 15.3. The number of carbonyl (C=O) groups is 3. The summed E-state index contributed by atoms with van der Waals surface area (Å²) in [6.07, 6.45) is 1.20. The lowest BCUT2D eigenvalue weighted by atomic mass is 9.82. The smallest absolute Gasteiger partial charge is 0.408 e. The van der Waals surface area contributed by atoms with Gasteiger partial charge in [-0.15, -0.1) is 0 Å². The van der Waals surface area contributed by atoms with Crippen LogP contribution in [0.3, 0.4) is 0 Å².